The van der Waals surface area contributed by atoms with E-state index >= 15 is 0 Å². The van der Waals surface area contributed by atoms with E-state index in [0.717, 1.165) is 28.5 Å². The molecule has 0 atom stereocenters. The third kappa shape index (κ3) is 3.91. The molecule has 4 aromatic rings. The molecule has 0 spiro atoms. The molecule has 152 valence electrons. The number of hydrogen-bond acceptors (Lipinski definition) is 3. The molecule has 0 bridgehead atoms. The van der Waals surface area contributed by atoms with Crippen LogP contribution >= 0.6 is 0 Å². The molecule has 30 heavy (non-hydrogen) atoms. The Labute approximate surface area is 175 Å². The average molecular weight is 422 g/mol. The highest BCUT2D eigenvalue weighted by molar-refractivity contribution is 7.91. The van der Waals surface area contributed by atoms with Gasteiger partial charge in [-0.3, -0.25) is 0 Å². The number of benzene rings is 3. The number of H-pyrrole nitrogens is 1. The van der Waals surface area contributed by atoms with Crippen molar-refractivity contribution < 1.29 is 17.8 Å². The van der Waals surface area contributed by atoms with E-state index in [0.29, 0.717) is 12.2 Å². The van der Waals surface area contributed by atoms with Gasteiger partial charge in [0.05, 0.1) is 16.0 Å². The molecule has 0 saturated carbocycles. The quantitative estimate of drug-likeness (QED) is 0.486. The Hall–Kier alpha value is -3.25. The Morgan fingerprint density at radius 2 is 1.57 bits per heavy atom. The first-order valence-electron chi connectivity index (χ1n) is 9.75. The van der Waals surface area contributed by atoms with Crippen molar-refractivity contribution >= 4 is 26.4 Å². The number of aromatic amines is 1. The second-order valence-electron chi connectivity index (χ2n) is 7.05. The van der Waals surface area contributed by atoms with Gasteiger partial charge in [0.25, 0.3) is 0 Å². The highest BCUT2D eigenvalue weighted by Crippen LogP contribution is 2.32. The topological polar surface area (TPSA) is 60.3 Å². The summed E-state index contributed by atoms with van der Waals surface area (Å²) in [7, 11) is -3.75. The lowest BCUT2D eigenvalue weighted by molar-refractivity contribution is -0.347. The van der Waals surface area contributed by atoms with Crippen LogP contribution in [-0.4, -0.2) is 8.42 Å². The van der Waals surface area contributed by atoms with Crippen LogP contribution in [0.15, 0.2) is 88.8 Å². The third-order valence-electron chi connectivity index (χ3n) is 5.12. The SMILES string of the molecule is CCc1ccc(S(=O)(=O)c2c[nH+]c3ccccc3c2NCc2ccc(F)cc2)cc1. The van der Waals surface area contributed by atoms with Crippen molar-refractivity contribution in [1.82, 2.24) is 0 Å². The van der Waals surface area contributed by atoms with Crippen molar-refractivity contribution in [3.05, 3.63) is 95.9 Å². The van der Waals surface area contributed by atoms with Gasteiger partial charge >= 0.3 is 0 Å². The van der Waals surface area contributed by atoms with Gasteiger partial charge in [0.1, 0.15) is 5.82 Å². The van der Waals surface area contributed by atoms with Gasteiger partial charge in [0, 0.05) is 12.6 Å². The Morgan fingerprint density at radius 1 is 0.900 bits per heavy atom. The van der Waals surface area contributed by atoms with Gasteiger partial charge in [-0.1, -0.05) is 43.3 Å². The standard InChI is InChI=1S/C24H21FN2O2S/c1-2-17-9-13-20(14-10-17)30(28,29)23-16-26-22-6-4-3-5-21(22)24(23)27-15-18-7-11-19(25)12-8-18/h3-14,16H,2,15H2,1H3,(H,26,27)/p+1. The summed E-state index contributed by atoms with van der Waals surface area (Å²) < 4.78 is 40.1. The van der Waals surface area contributed by atoms with Crippen LogP contribution in [0.4, 0.5) is 10.1 Å². The van der Waals surface area contributed by atoms with Crippen molar-refractivity contribution in [1.29, 1.82) is 0 Å². The Kier molecular flexibility index (Phi) is 5.50. The molecule has 0 amide bonds. The van der Waals surface area contributed by atoms with Gasteiger partial charge in [0.2, 0.25) is 15.4 Å². The number of aryl methyl sites for hydroxylation is 1. The minimum absolute atomic E-state index is 0.174. The van der Waals surface area contributed by atoms with Crippen LogP contribution < -0.4 is 10.3 Å². The van der Waals surface area contributed by atoms with Crippen LogP contribution in [0.2, 0.25) is 0 Å². The summed E-state index contributed by atoms with van der Waals surface area (Å²) in [5.41, 5.74) is 3.27. The number of pyridine rings is 1. The maximum Gasteiger partial charge on any atom is 0.214 e. The number of nitrogens with one attached hydrogen (secondary N) is 2. The molecular formula is C24H22FN2O2S+. The van der Waals surface area contributed by atoms with Gasteiger partial charge in [-0.15, -0.1) is 0 Å². The summed E-state index contributed by atoms with van der Waals surface area (Å²) in [4.78, 5) is 3.51. The molecule has 4 rings (SSSR count). The highest BCUT2D eigenvalue weighted by Gasteiger charge is 2.26. The molecular weight excluding hydrogens is 399 g/mol. The fourth-order valence-corrected chi connectivity index (χ4v) is 4.81. The maximum atomic E-state index is 13.4. The van der Waals surface area contributed by atoms with E-state index in [1.807, 2.05) is 43.3 Å². The monoisotopic (exact) mass is 421 g/mol. The summed E-state index contributed by atoms with van der Waals surface area (Å²) in [6, 6.07) is 20.6. The molecule has 4 nitrogen and oxygen atoms in total. The van der Waals surface area contributed by atoms with Crippen LogP contribution in [0.25, 0.3) is 10.9 Å². The van der Waals surface area contributed by atoms with Gasteiger partial charge in [-0.05, 0) is 47.9 Å². The van der Waals surface area contributed by atoms with Crippen molar-refractivity contribution in [3.8, 4) is 0 Å². The largest absolute Gasteiger partial charge is 0.379 e. The molecule has 0 unspecified atom stereocenters. The maximum absolute atomic E-state index is 13.4. The van der Waals surface area contributed by atoms with E-state index in [4.69, 9.17) is 0 Å². The van der Waals surface area contributed by atoms with E-state index in [2.05, 4.69) is 10.3 Å². The van der Waals surface area contributed by atoms with Crippen LogP contribution in [-0.2, 0) is 22.8 Å². The first kappa shape index (κ1) is 20.0. The molecule has 1 aromatic heterocycles. The lowest BCUT2D eigenvalue weighted by Gasteiger charge is -2.13. The molecule has 6 heteroatoms. The predicted molar refractivity (Wildman–Crippen MR) is 116 cm³/mol. The summed E-state index contributed by atoms with van der Waals surface area (Å²) in [6.45, 7) is 2.39. The summed E-state index contributed by atoms with van der Waals surface area (Å²) >= 11 is 0. The summed E-state index contributed by atoms with van der Waals surface area (Å²) in [6.07, 6.45) is 2.37. The minimum atomic E-state index is -3.75. The van der Waals surface area contributed by atoms with Crippen LogP contribution in [0.3, 0.4) is 0 Å². The number of anilines is 1. The number of aromatic nitrogens is 1. The lowest BCUT2D eigenvalue weighted by Crippen LogP contribution is -2.15. The molecule has 2 N–H and O–H groups in total. The van der Waals surface area contributed by atoms with Crippen molar-refractivity contribution in [3.63, 3.8) is 0 Å². The fourth-order valence-electron chi connectivity index (χ4n) is 3.39. The Morgan fingerprint density at radius 3 is 2.27 bits per heavy atom. The fraction of sp³-hybridized carbons (Fsp3) is 0.125. The van der Waals surface area contributed by atoms with Crippen LogP contribution in [0.5, 0.6) is 0 Å². The van der Waals surface area contributed by atoms with Crippen LogP contribution in [0, 0.1) is 5.82 Å². The van der Waals surface area contributed by atoms with E-state index < -0.39 is 9.84 Å². The Bertz CT molecular complexity index is 1290. The predicted octanol–water partition coefficient (Wildman–Crippen LogP) is 4.80. The molecule has 0 radical (unpaired) electrons. The smallest absolute Gasteiger partial charge is 0.214 e. The average Bonchev–Trinajstić information content (AvgIpc) is 2.78. The third-order valence-corrected chi connectivity index (χ3v) is 6.91. The Balaban J connectivity index is 1.80. The van der Waals surface area contributed by atoms with Crippen LogP contribution in [0.1, 0.15) is 18.1 Å². The van der Waals surface area contributed by atoms with E-state index in [-0.39, 0.29) is 15.6 Å². The molecule has 0 aliphatic rings. The van der Waals surface area contributed by atoms with Gasteiger partial charge in [-0.2, -0.15) is 0 Å². The highest BCUT2D eigenvalue weighted by atomic mass is 32.2. The second kappa shape index (κ2) is 8.24. The number of para-hydroxylation sites is 1. The zero-order valence-corrected chi connectivity index (χ0v) is 17.3. The lowest BCUT2D eigenvalue weighted by atomic mass is 10.1. The molecule has 1 heterocycles. The van der Waals surface area contributed by atoms with Gasteiger partial charge in [0.15, 0.2) is 11.1 Å². The zero-order valence-electron chi connectivity index (χ0n) is 16.5. The van der Waals surface area contributed by atoms with Crippen molar-refractivity contribution in [2.24, 2.45) is 0 Å². The molecule has 3 aromatic carbocycles. The number of fused-ring (bicyclic) bond motifs is 1. The second-order valence-corrected chi connectivity index (χ2v) is 8.97. The van der Waals surface area contributed by atoms with E-state index in [9.17, 15) is 12.8 Å². The number of hydrogen-bond donors (Lipinski definition) is 1. The summed E-state index contributed by atoms with van der Waals surface area (Å²) in [5, 5.41) is 4.04. The molecule has 0 aliphatic heterocycles. The summed E-state index contributed by atoms with van der Waals surface area (Å²) in [5.74, 6) is -0.308. The van der Waals surface area contributed by atoms with Crippen molar-refractivity contribution in [2.75, 3.05) is 5.32 Å². The van der Waals surface area contributed by atoms with Gasteiger partial charge in [-0.25, -0.2) is 17.8 Å². The van der Waals surface area contributed by atoms with E-state index in [1.54, 1.807) is 24.3 Å². The first-order chi connectivity index (χ1) is 14.5. The molecule has 0 aliphatic carbocycles. The first-order valence-corrected chi connectivity index (χ1v) is 11.2. The number of rotatable bonds is 6. The number of halogens is 1. The van der Waals surface area contributed by atoms with E-state index in [1.165, 1.54) is 18.3 Å². The normalized spacial score (nSPS) is 11.5. The number of sulfone groups is 1. The van der Waals surface area contributed by atoms with Crippen molar-refractivity contribution in [2.45, 2.75) is 29.7 Å². The molecule has 0 saturated heterocycles. The van der Waals surface area contributed by atoms with Gasteiger partial charge < -0.3 is 5.32 Å². The molecule has 0 fully saturated rings. The minimum Gasteiger partial charge on any atom is -0.379 e. The zero-order chi connectivity index (χ0) is 21.1.